The van der Waals surface area contributed by atoms with Gasteiger partial charge in [-0.25, -0.2) is 12.8 Å². The number of nitrogens with zero attached hydrogens (tertiary/aromatic N) is 2. The number of furan rings is 1. The van der Waals surface area contributed by atoms with E-state index in [0.717, 1.165) is 41.2 Å². The van der Waals surface area contributed by atoms with Gasteiger partial charge in [0.25, 0.3) is 0 Å². The van der Waals surface area contributed by atoms with Gasteiger partial charge in [0, 0.05) is 30.1 Å². The molecule has 4 rings (SSSR count). The maximum Gasteiger partial charge on any atom is 0.246 e. The van der Waals surface area contributed by atoms with E-state index >= 15 is 0 Å². The average Bonchev–Trinajstić information content (AvgIpc) is 3.53. The summed E-state index contributed by atoms with van der Waals surface area (Å²) in [7, 11) is -4.30. The number of aryl methyl sites for hydroxylation is 1. The summed E-state index contributed by atoms with van der Waals surface area (Å²) in [6.45, 7) is 4.51. The van der Waals surface area contributed by atoms with Crippen LogP contribution in [0.25, 0.3) is 0 Å². The number of aromatic nitrogens is 1. The molecule has 2 aromatic heterocycles. The van der Waals surface area contributed by atoms with E-state index in [2.05, 4.69) is 0 Å². The SMILES string of the molecule is Cc1cc(C(=O)CN(Cc2ccco2)S(=O)(=O)c2ccccc2F)c(C)n1CC1CCCO1. The Morgan fingerprint density at radius 3 is 2.67 bits per heavy atom. The van der Waals surface area contributed by atoms with Crippen LogP contribution < -0.4 is 0 Å². The lowest BCUT2D eigenvalue weighted by atomic mass is 10.1. The molecule has 3 heterocycles. The minimum absolute atomic E-state index is 0.106. The number of ketones is 1. The molecule has 1 atom stereocenters. The molecule has 0 aliphatic carbocycles. The molecule has 3 aromatic rings. The first-order valence-electron chi connectivity index (χ1n) is 10.9. The third-order valence-electron chi connectivity index (χ3n) is 5.97. The van der Waals surface area contributed by atoms with Crippen LogP contribution in [0.5, 0.6) is 0 Å². The lowest BCUT2D eigenvalue weighted by Crippen LogP contribution is -2.35. The van der Waals surface area contributed by atoms with Crippen LogP contribution in [-0.4, -0.2) is 42.3 Å². The van der Waals surface area contributed by atoms with Crippen LogP contribution in [-0.2, 0) is 27.8 Å². The van der Waals surface area contributed by atoms with E-state index in [1.54, 1.807) is 18.2 Å². The van der Waals surface area contributed by atoms with E-state index in [9.17, 15) is 17.6 Å². The maximum absolute atomic E-state index is 14.4. The minimum atomic E-state index is -4.30. The molecular weight excluding hydrogens is 447 g/mol. The molecule has 1 aromatic carbocycles. The second-order valence-electron chi connectivity index (χ2n) is 8.24. The van der Waals surface area contributed by atoms with Gasteiger partial charge in [-0.05, 0) is 57.0 Å². The van der Waals surface area contributed by atoms with Gasteiger partial charge in [-0.2, -0.15) is 4.31 Å². The zero-order valence-electron chi connectivity index (χ0n) is 18.7. The number of Topliss-reactive ketones (excluding diaryl/α,β-unsaturated/α-hetero) is 1. The molecule has 176 valence electrons. The number of sulfonamides is 1. The molecule has 0 saturated carbocycles. The summed E-state index contributed by atoms with van der Waals surface area (Å²) in [5.41, 5.74) is 2.11. The fraction of sp³-hybridized carbons (Fsp3) is 0.375. The molecule has 9 heteroatoms. The van der Waals surface area contributed by atoms with Gasteiger partial charge in [0.2, 0.25) is 10.0 Å². The monoisotopic (exact) mass is 474 g/mol. The van der Waals surface area contributed by atoms with Crippen molar-refractivity contribution in [2.24, 2.45) is 0 Å². The second kappa shape index (κ2) is 9.62. The molecule has 1 fully saturated rings. The fourth-order valence-electron chi connectivity index (χ4n) is 4.20. The summed E-state index contributed by atoms with van der Waals surface area (Å²) in [5, 5.41) is 0. The Morgan fingerprint density at radius 1 is 1.21 bits per heavy atom. The minimum Gasteiger partial charge on any atom is -0.468 e. The fourth-order valence-corrected chi connectivity index (χ4v) is 5.62. The highest BCUT2D eigenvalue weighted by molar-refractivity contribution is 7.89. The van der Waals surface area contributed by atoms with Crippen LogP contribution in [0, 0.1) is 19.7 Å². The molecule has 0 radical (unpaired) electrons. The van der Waals surface area contributed by atoms with Crippen molar-refractivity contribution in [1.82, 2.24) is 8.87 Å². The van der Waals surface area contributed by atoms with E-state index in [0.29, 0.717) is 17.9 Å². The average molecular weight is 475 g/mol. The number of hydrogen-bond donors (Lipinski definition) is 0. The molecule has 0 bridgehead atoms. The van der Waals surface area contributed by atoms with Crippen molar-refractivity contribution in [2.75, 3.05) is 13.2 Å². The topological polar surface area (TPSA) is 81.8 Å². The quantitative estimate of drug-likeness (QED) is 0.437. The summed E-state index contributed by atoms with van der Waals surface area (Å²) >= 11 is 0. The summed E-state index contributed by atoms with van der Waals surface area (Å²) in [6.07, 6.45) is 3.52. The van der Waals surface area contributed by atoms with E-state index < -0.39 is 27.3 Å². The second-order valence-corrected chi connectivity index (χ2v) is 10.1. The van der Waals surface area contributed by atoms with Gasteiger partial charge in [0.1, 0.15) is 16.5 Å². The summed E-state index contributed by atoms with van der Waals surface area (Å²) in [4.78, 5) is 12.8. The van der Waals surface area contributed by atoms with Gasteiger partial charge in [-0.1, -0.05) is 12.1 Å². The highest BCUT2D eigenvalue weighted by Crippen LogP contribution is 2.24. The number of halogens is 1. The standard InChI is InChI=1S/C24H27FN2O5S/c1-17-13-21(18(2)27(17)15-20-8-6-12-32-20)23(28)16-26(14-19-7-5-11-31-19)33(29,30)24-10-4-3-9-22(24)25/h3-5,7,9-11,13,20H,6,8,12,14-16H2,1-2H3. The van der Waals surface area contributed by atoms with Crippen LogP contribution in [0.1, 0.15) is 40.3 Å². The van der Waals surface area contributed by atoms with Crippen LogP contribution in [0.15, 0.2) is 58.0 Å². The zero-order valence-corrected chi connectivity index (χ0v) is 19.5. The first-order valence-corrected chi connectivity index (χ1v) is 12.3. The zero-order chi connectivity index (χ0) is 23.6. The predicted molar refractivity (Wildman–Crippen MR) is 120 cm³/mol. The van der Waals surface area contributed by atoms with E-state index in [-0.39, 0.29) is 18.4 Å². The Morgan fingerprint density at radius 2 is 2.00 bits per heavy atom. The first-order chi connectivity index (χ1) is 15.8. The number of carbonyl (C=O) groups is 1. The van der Waals surface area contributed by atoms with Gasteiger partial charge in [0.05, 0.1) is 25.5 Å². The molecule has 1 saturated heterocycles. The number of hydrogen-bond acceptors (Lipinski definition) is 5. The van der Waals surface area contributed by atoms with E-state index in [4.69, 9.17) is 9.15 Å². The third-order valence-corrected chi connectivity index (χ3v) is 7.80. The van der Waals surface area contributed by atoms with E-state index in [1.807, 2.05) is 18.4 Å². The Kier molecular flexibility index (Phi) is 6.83. The van der Waals surface area contributed by atoms with Crippen LogP contribution in [0.4, 0.5) is 4.39 Å². The van der Waals surface area contributed by atoms with Crippen molar-refractivity contribution in [3.63, 3.8) is 0 Å². The molecule has 33 heavy (non-hydrogen) atoms. The summed E-state index contributed by atoms with van der Waals surface area (Å²) in [5.74, 6) is -0.885. The van der Waals surface area contributed by atoms with Crippen LogP contribution in [0.2, 0.25) is 0 Å². The van der Waals surface area contributed by atoms with Gasteiger partial charge in [-0.3, -0.25) is 4.79 Å². The lowest BCUT2D eigenvalue weighted by Gasteiger charge is -2.21. The van der Waals surface area contributed by atoms with Crippen molar-refractivity contribution in [3.05, 3.63) is 77.3 Å². The van der Waals surface area contributed by atoms with Gasteiger partial charge in [0.15, 0.2) is 5.78 Å². The Hall–Kier alpha value is -2.75. The lowest BCUT2D eigenvalue weighted by molar-refractivity contribution is 0.0944. The summed E-state index contributed by atoms with van der Waals surface area (Å²) in [6, 6.07) is 10.1. The predicted octanol–water partition coefficient (Wildman–Crippen LogP) is 4.09. The van der Waals surface area contributed by atoms with Crippen molar-refractivity contribution in [1.29, 1.82) is 0 Å². The van der Waals surface area contributed by atoms with Gasteiger partial charge in [-0.15, -0.1) is 0 Å². The Labute approximate surface area is 192 Å². The maximum atomic E-state index is 14.4. The Balaban J connectivity index is 1.63. The number of carbonyl (C=O) groups excluding carboxylic acids is 1. The third kappa shape index (κ3) is 4.95. The molecule has 1 unspecified atom stereocenters. The smallest absolute Gasteiger partial charge is 0.246 e. The first kappa shape index (κ1) is 23.4. The normalized spacial score (nSPS) is 16.5. The van der Waals surface area contributed by atoms with Crippen LogP contribution >= 0.6 is 0 Å². The molecule has 1 aliphatic heterocycles. The molecule has 0 spiro atoms. The highest BCUT2D eigenvalue weighted by atomic mass is 32.2. The molecule has 0 amide bonds. The molecular formula is C24H27FN2O5S. The Bertz CT molecular complexity index is 1230. The van der Waals surface area contributed by atoms with Crippen molar-refractivity contribution >= 4 is 15.8 Å². The number of ether oxygens (including phenoxy) is 1. The number of benzene rings is 1. The molecule has 7 nitrogen and oxygen atoms in total. The van der Waals surface area contributed by atoms with Crippen molar-refractivity contribution in [3.8, 4) is 0 Å². The van der Waals surface area contributed by atoms with Crippen molar-refractivity contribution < 1.29 is 26.8 Å². The van der Waals surface area contributed by atoms with Gasteiger partial charge >= 0.3 is 0 Å². The largest absolute Gasteiger partial charge is 0.468 e. The van der Waals surface area contributed by atoms with Crippen LogP contribution in [0.3, 0.4) is 0 Å². The number of rotatable bonds is 9. The van der Waals surface area contributed by atoms with Crippen molar-refractivity contribution in [2.45, 2.75) is 50.8 Å². The molecule has 0 N–H and O–H groups in total. The van der Waals surface area contributed by atoms with Gasteiger partial charge < -0.3 is 13.7 Å². The highest BCUT2D eigenvalue weighted by Gasteiger charge is 2.31. The van der Waals surface area contributed by atoms with E-state index in [1.165, 1.54) is 24.5 Å². The summed E-state index contributed by atoms with van der Waals surface area (Å²) < 4.78 is 55.0. The molecule has 1 aliphatic rings.